The van der Waals surface area contributed by atoms with Crippen LogP contribution in [0.3, 0.4) is 0 Å². The van der Waals surface area contributed by atoms with Gasteiger partial charge in [-0.25, -0.2) is 4.79 Å². The van der Waals surface area contributed by atoms with Crippen LogP contribution in [0.2, 0.25) is 0 Å². The maximum Gasteiger partial charge on any atom is 0.328 e. The lowest BCUT2D eigenvalue weighted by molar-refractivity contribution is -0.386. The highest BCUT2D eigenvalue weighted by Crippen LogP contribution is 2.32. The molecule has 0 radical (unpaired) electrons. The fourth-order valence-corrected chi connectivity index (χ4v) is 1.71. The molecule has 19 heavy (non-hydrogen) atoms. The van der Waals surface area contributed by atoms with Crippen molar-refractivity contribution in [2.24, 2.45) is 0 Å². The zero-order chi connectivity index (χ0) is 14.6. The Morgan fingerprint density at radius 2 is 2.26 bits per heavy atom. The number of nitrogens with zero attached hydrogens (tertiary/aromatic N) is 1. The summed E-state index contributed by atoms with van der Waals surface area (Å²) in [5, 5.41) is 13.4. The second kappa shape index (κ2) is 6.46. The van der Waals surface area contributed by atoms with Crippen LogP contribution >= 0.6 is 15.9 Å². The summed E-state index contributed by atoms with van der Waals surface area (Å²) in [6, 6.07) is 1.82. The van der Waals surface area contributed by atoms with Crippen LogP contribution in [0.25, 0.3) is 0 Å². The third kappa shape index (κ3) is 3.63. The smallest absolute Gasteiger partial charge is 0.328 e. The van der Waals surface area contributed by atoms with E-state index in [1.165, 1.54) is 19.1 Å². The third-order valence-electron chi connectivity index (χ3n) is 2.26. The molecule has 1 aromatic rings. The van der Waals surface area contributed by atoms with Crippen molar-refractivity contribution in [3.05, 3.63) is 32.5 Å². The normalized spacial score (nSPS) is 11.8. The lowest BCUT2D eigenvalue weighted by atomic mass is 10.2. The van der Waals surface area contributed by atoms with E-state index >= 15 is 0 Å². The predicted octanol–water partition coefficient (Wildman–Crippen LogP) is 2.86. The Balaban J connectivity index is 3.05. The second-order valence-corrected chi connectivity index (χ2v) is 4.49. The van der Waals surface area contributed by atoms with Crippen LogP contribution in [0, 0.1) is 15.9 Å². The van der Waals surface area contributed by atoms with Gasteiger partial charge in [0.05, 0.1) is 16.0 Å². The molecule has 104 valence electrons. The van der Waals surface area contributed by atoms with Gasteiger partial charge in [-0.3, -0.25) is 10.1 Å². The van der Waals surface area contributed by atoms with Crippen molar-refractivity contribution in [1.82, 2.24) is 0 Å². The number of benzene rings is 1. The highest BCUT2D eigenvalue weighted by molar-refractivity contribution is 9.10. The van der Waals surface area contributed by atoms with Gasteiger partial charge in [-0.05, 0) is 41.9 Å². The fraction of sp³-hybridized carbons (Fsp3) is 0.364. The Labute approximate surface area is 117 Å². The van der Waals surface area contributed by atoms with Crippen LogP contribution in [0.5, 0.6) is 0 Å². The monoisotopic (exact) mass is 334 g/mol. The number of rotatable bonds is 5. The summed E-state index contributed by atoms with van der Waals surface area (Å²) in [5.74, 6) is -1.56. The molecule has 1 N–H and O–H groups in total. The molecule has 1 rings (SSSR count). The van der Waals surface area contributed by atoms with Gasteiger partial charge in [-0.15, -0.1) is 0 Å². The van der Waals surface area contributed by atoms with Crippen molar-refractivity contribution in [1.29, 1.82) is 0 Å². The maximum atomic E-state index is 13.7. The van der Waals surface area contributed by atoms with Gasteiger partial charge in [0.1, 0.15) is 11.7 Å². The first-order valence-electron chi connectivity index (χ1n) is 5.44. The quantitative estimate of drug-likeness (QED) is 0.508. The zero-order valence-electron chi connectivity index (χ0n) is 10.3. The first-order chi connectivity index (χ1) is 8.88. The average Bonchev–Trinajstić information content (AvgIpc) is 2.33. The summed E-state index contributed by atoms with van der Waals surface area (Å²) in [4.78, 5) is 21.4. The van der Waals surface area contributed by atoms with E-state index in [4.69, 9.17) is 4.74 Å². The summed E-state index contributed by atoms with van der Waals surface area (Å²) < 4.78 is 18.4. The van der Waals surface area contributed by atoms with Crippen molar-refractivity contribution in [2.45, 2.75) is 19.9 Å². The van der Waals surface area contributed by atoms with Gasteiger partial charge in [-0.1, -0.05) is 0 Å². The number of hydrogen-bond acceptors (Lipinski definition) is 5. The van der Waals surface area contributed by atoms with Gasteiger partial charge >= 0.3 is 11.7 Å². The topological polar surface area (TPSA) is 81.5 Å². The minimum atomic E-state index is -0.994. The molecule has 0 saturated heterocycles. The Kier molecular flexibility index (Phi) is 5.22. The van der Waals surface area contributed by atoms with Crippen LogP contribution in [-0.4, -0.2) is 23.5 Å². The summed E-state index contributed by atoms with van der Waals surface area (Å²) in [6.45, 7) is 3.32. The van der Waals surface area contributed by atoms with E-state index in [9.17, 15) is 19.3 Å². The van der Waals surface area contributed by atoms with Crippen molar-refractivity contribution in [3.8, 4) is 0 Å². The zero-order valence-corrected chi connectivity index (χ0v) is 11.9. The number of nitro benzene ring substituents is 1. The molecule has 0 spiro atoms. The number of halogens is 2. The van der Waals surface area contributed by atoms with Crippen molar-refractivity contribution >= 4 is 33.3 Å². The standard InChI is InChI=1S/C11H12BrFN2O4/c1-3-19-11(16)6(2)14-8-5-4-7(12)9(13)10(8)15(17)18/h4-6,14H,3H2,1-2H3/t6-/m0/s1. The van der Waals surface area contributed by atoms with E-state index in [1.807, 2.05) is 0 Å². The number of nitrogens with one attached hydrogen (secondary N) is 1. The molecule has 1 atom stereocenters. The number of carbonyl (C=O) groups excluding carboxylic acids is 1. The fourth-order valence-electron chi connectivity index (χ4n) is 1.39. The van der Waals surface area contributed by atoms with Crippen LogP contribution in [-0.2, 0) is 9.53 Å². The lowest BCUT2D eigenvalue weighted by Gasteiger charge is -2.14. The summed E-state index contributed by atoms with van der Waals surface area (Å²) in [6.07, 6.45) is 0. The summed E-state index contributed by atoms with van der Waals surface area (Å²) >= 11 is 2.87. The molecule has 0 aromatic heterocycles. The molecule has 8 heteroatoms. The van der Waals surface area contributed by atoms with Gasteiger partial charge in [0.25, 0.3) is 0 Å². The molecular weight excluding hydrogens is 323 g/mol. The molecule has 1 aromatic carbocycles. The number of ether oxygens (including phenoxy) is 1. The van der Waals surface area contributed by atoms with Gasteiger partial charge in [0.15, 0.2) is 0 Å². The van der Waals surface area contributed by atoms with Crippen LogP contribution in [0.1, 0.15) is 13.8 Å². The SMILES string of the molecule is CCOC(=O)[C@H](C)Nc1ccc(Br)c(F)c1[N+](=O)[O-]. The van der Waals surface area contributed by atoms with E-state index in [1.54, 1.807) is 6.92 Å². The highest BCUT2D eigenvalue weighted by Gasteiger charge is 2.25. The molecule has 0 bridgehead atoms. The number of carbonyl (C=O) groups is 1. The Bertz CT molecular complexity index is 510. The average molecular weight is 335 g/mol. The van der Waals surface area contributed by atoms with Crippen LogP contribution < -0.4 is 5.32 Å². The number of esters is 1. The van der Waals surface area contributed by atoms with Gasteiger partial charge in [0.2, 0.25) is 5.82 Å². The van der Waals surface area contributed by atoms with Gasteiger partial charge in [0, 0.05) is 0 Å². The molecule has 0 fully saturated rings. The first-order valence-corrected chi connectivity index (χ1v) is 6.23. The van der Waals surface area contributed by atoms with E-state index in [0.29, 0.717) is 0 Å². The molecule has 0 heterocycles. The van der Waals surface area contributed by atoms with E-state index < -0.39 is 28.4 Å². The second-order valence-electron chi connectivity index (χ2n) is 3.63. The summed E-state index contributed by atoms with van der Waals surface area (Å²) in [7, 11) is 0. The van der Waals surface area contributed by atoms with E-state index in [2.05, 4.69) is 21.2 Å². The van der Waals surface area contributed by atoms with Crippen molar-refractivity contribution in [2.75, 3.05) is 11.9 Å². The van der Waals surface area contributed by atoms with E-state index in [-0.39, 0.29) is 16.8 Å². The molecule has 0 amide bonds. The largest absolute Gasteiger partial charge is 0.464 e. The minimum Gasteiger partial charge on any atom is -0.464 e. The van der Waals surface area contributed by atoms with Crippen molar-refractivity contribution in [3.63, 3.8) is 0 Å². The number of anilines is 1. The van der Waals surface area contributed by atoms with Crippen LogP contribution in [0.4, 0.5) is 15.8 Å². The third-order valence-corrected chi connectivity index (χ3v) is 2.88. The number of nitro groups is 1. The minimum absolute atomic E-state index is 0.0199. The van der Waals surface area contributed by atoms with Crippen LogP contribution in [0.15, 0.2) is 16.6 Å². The summed E-state index contributed by atoms with van der Waals surface area (Å²) in [5.41, 5.74) is -0.795. The molecule has 0 aliphatic heterocycles. The molecule has 0 aliphatic rings. The molecule has 0 saturated carbocycles. The Morgan fingerprint density at radius 1 is 1.63 bits per heavy atom. The highest BCUT2D eigenvalue weighted by atomic mass is 79.9. The lowest BCUT2D eigenvalue weighted by Crippen LogP contribution is -2.28. The maximum absolute atomic E-state index is 13.7. The van der Waals surface area contributed by atoms with E-state index in [0.717, 1.165) is 0 Å². The Hall–Kier alpha value is -1.70. The predicted molar refractivity (Wildman–Crippen MR) is 70.5 cm³/mol. The molecule has 0 aliphatic carbocycles. The molecule has 0 unspecified atom stereocenters. The molecule has 6 nitrogen and oxygen atoms in total. The van der Waals surface area contributed by atoms with Gasteiger partial charge in [-0.2, -0.15) is 4.39 Å². The number of hydrogen-bond donors (Lipinski definition) is 1. The first kappa shape index (κ1) is 15.4. The van der Waals surface area contributed by atoms with Crippen molar-refractivity contribution < 1.29 is 18.8 Å². The van der Waals surface area contributed by atoms with Gasteiger partial charge < -0.3 is 10.1 Å². The Morgan fingerprint density at radius 3 is 2.79 bits per heavy atom. The molecular formula is C11H12BrFN2O4.